The van der Waals surface area contributed by atoms with E-state index in [-0.39, 0.29) is 41.4 Å². The molecule has 0 radical (unpaired) electrons. The summed E-state index contributed by atoms with van der Waals surface area (Å²) in [5.74, 6) is 0.860. The standard InChI is InChI=1S/C20H27FN6O.HI/c1-22-20(24-10-3-5-13-26-12-4-2-8-18(26)28)25-16-9-14-27(15-16)19-17(21)7-6-11-23-19;/h2,4,6-8,11-12,16H,3,5,9-10,13-15H2,1H3,(H2,22,24,25);1H. The molecule has 0 spiro atoms. The Morgan fingerprint density at radius 1 is 1.31 bits per heavy atom. The Morgan fingerprint density at radius 2 is 2.17 bits per heavy atom. The lowest BCUT2D eigenvalue weighted by Gasteiger charge is -2.20. The van der Waals surface area contributed by atoms with Crippen molar-refractivity contribution in [2.45, 2.75) is 31.8 Å². The van der Waals surface area contributed by atoms with Crippen molar-refractivity contribution in [3.8, 4) is 0 Å². The maximum absolute atomic E-state index is 13.9. The summed E-state index contributed by atoms with van der Waals surface area (Å²) in [5.41, 5.74) is 0.0306. The van der Waals surface area contributed by atoms with Gasteiger partial charge in [0.1, 0.15) is 0 Å². The van der Waals surface area contributed by atoms with E-state index >= 15 is 0 Å². The van der Waals surface area contributed by atoms with Gasteiger partial charge >= 0.3 is 0 Å². The predicted molar refractivity (Wildman–Crippen MR) is 125 cm³/mol. The van der Waals surface area contributed by atoms with Gasteiger partial charge in [-0.25, -0.2) is 9.37 Å². The zero-order chi connectivity index (χ0) is 19.8. The molecule has 1 saturated heterocycles. The molecule has 7 nitrogen and oxygen atoms in total. The number of aryl methyl sites for hydroxylation is 1. The van der Waals surface area contributed by atoms with Crippen molar-refractivity contribution in [3.05, 3.63) is 58.9 Å². The predicted octanol–water partition coefficient (Wildman–Crippen LogP) is 2.22. The van der Waals surface area contributed by atoms with Gasteiger partial charge in [-0.3, -0.25) is 9.79 Å². The number of guanidine groups is 1. The SMILES string of the molecule is CN=C(NCCCCn1ccccc1=O)NC1CCN(c2ncccc2F)C1.I. The Bertz CT molecular complexity index is 859. The highest BCUT2D eigenvalue weighted by Crippen LogP contribution is 2.20. The van der Waals surface area contributed by atoms with Crippen LogP contribution in [0.3, 0.4) is 0 Å². The van der Waals surface area contributed by atoms with Crippen LogP contribution in [0.2, 0.25) is 0 Å². The Hall–Kier alpha value is -2.17. The van der Waals surface area contributed by atoms with Crippen LogP contribution < -0.4 is 21.1 Å². The summed E-state index contributed by atoms with van der Waals surface area (Å²) in [5, 5.41) is 6.70. The molecule has 2 aromatic rings. The fourth-order valence-corrected chi connectivity index (χ4v) is 3.33. The first-order valence-electron chi connectivity index (χ1n) is 9.65. The highest BCUT2D eigenvalue weighted by atomic mass is 127. The molecule has 0 aliphatic carbocycles. The highest BCUT2D eigenvalue weighted by Gasteiger charge is 2.25. The molecular weight excluding hydrogens is 486 g/mol. The van der Waals surface area contributed by atoms with Crippen LogP contribution >= 0.6 is 24.0 Å². The number of hydrogen-bond donors (Lipinski definition) is 2. The Labute approximate surface area is 187 Å². The van der Waals surface area contributed by atoms with Crippen molar-refractivity contribution in [2.75, 3.05) is 31.6 Å². The molecule has 1 unspecified atom stereocenters. The minimum absolute atomic E-state index is 0. The number of aliphatic imine (C=N–C) groups is 1. The van der Waals surface area contributed by atoms with Crippen LogP contribution in [-0.2, 0) is 6.54 Å². The molecule has 1 atom stereocenters. The number of hydrogen-bond acceptors (Lipinski definition) is 4. The lowest BCUT2D eigenvalue weighted by Crippen LogP contribution is -2.45. The number of unbranched alkanes of at least 4 members (excludes halogenated alkanes) is 1. The minimum Gasteiger partial charge on any atom is -0.356 e. The van der Waals surface area contributed by atoms with Crippen LogP contribution in [0.1, 0.15) is 19.3 Å². The summed E-state index contributed by atoms with van der Waals surface area (Å²) in [6.45, 7) is 2.92. The Kier molecular flexibility index (Phi) is 9.36. The van der Waals surface area contributed by atoms with E-state index in [4.69, 9.17) is 0 Å². The van der Waals surface area contributed by atoms with Crippen LogP contribution in [0.25, 0.3) is 0 Å². The summed E-state index contributed by atoms with van der Waals surface area (Å²) in [4.78, 5) is 22.0. The summed E-state index contributed by atoms with van der Waals surface area (Å²) >= 11 is 0. The van der Waals surface area contributed by atoms with E-state index in [0.29, 0.717) is 18.9 Å². The number of pyridine rings is 2. The quantitative estimate of drug-likeness (QED) is 0.257. The topological polar surface area (TPSA) is 74.6 Å². The van der Waals surface area contributed by atoms with Crippen molar-refractivity contribution in [2.24, 2.45) is 4.99 Å². The molecule has 2 N–H and O–H groups in total. The van der Waals surface area contributed by atoms with Gasteiger partial charge in [-0.05, 0) is 37.5 Å². The minimum atomic E-state index is -0.289. The summed E-state index contributed by atoms with van der Waals surface area (Å²) in [6, 6.07) is 8.43. The van der Waals surface area contributed by atoms with E-state index in [2.05, 4.69) is 20.6 Å². The maximum atomic E-state index is 13.9. The molecule has 1 fully saturated rings. The second kappa shape index (κ2) is 11.7. The summed E-state index contributed by atoms with van der Waals surface area (Å²) in [6.07, 6.45) is 6.16. The van der Waals surface area contributed by atoms with E-state index in [1.165, 1.54) is 6.07 Å². The smallest absolute Gasteiger partial charge is 0.250 e. The lowest BCUT2D eigenvalue weighted by atomic mass is 10.2. The van der Waals surface area contributed by atoms with Crippen LogP contribution in [0.15, 0.2) is 52.5 Å². The zero-order valence-electron chi connectivity index (χ0n) is 16.6. The molecule has 9 heteroatoms. The van der Waals surface area contributed by atoms with Gasteiger partial charge in [0.25, 0.3) is 0 Å². The Morgan fingerprint density at radius 3 is 2.93 bits per heavy atom. The molecule has 3 heterocycles. The molecule has 2 aromatic heterocycles. The molecule has 158 valence electrons. The third kappa shape index (κ3) is 6.69. The first kappa shape index (κ1) is 23.1. The molecular formula is C20H28FIN6O. The van der Waals surface area contributed by atoms with Gasteiger partial charge in [0.05, 0.1) is 0 Å². The number of anilines is 1. The van der Waals surface area contributed by atoms with E-state index in [1.54, 1.807) is 36.0 Å². The molecule has 1 aliphatic rings. The van der Waals surface area contributed by atoms with Crippen molar-refractivity contribution >= 4 is 35.8 Å². The van der Waals surface area contributed by atoms with Crippen molar-refractivity contribution in [3.63, 3.8) is 0 Å². The molecule has 29 heavy (non-hydrogen) atoms. The zero-order valence-corrected chi connectivity index (χ0v) is 18.9. The van der Waals surface area contributed by atoms with Crippen molar-refractivity contribution < 1.29 is 4.39 Å². The first-order chi connectivity index (χ1) is 13.7. The van der Waals surface area contributed by atoms with E-state index in [9.17, 15) is 9.18 Å². The van der Waals surface area contributed by atoms with Crippen LogP contribution in [0.5, 0.6) is 0 Å². The number of nitrogens with one attached hydrogen (secondary N) is 2. The summed E-state index contributed by atoms with van der Waals surface area (Å²) in [7, 11) is 1.74. The molecule has 0 saturated carbocycles. The molecule has 0 bridgehead atoms. The van der Waals surface area contributed by atoms with Gasteiger partial charge in [-0.15, -0.1) is 24.0 Å². The van der Waals surface area contributed by atoms with Gasteiger partial charge in [-0.2, -0.15) is 0 Å². The maximum Gasteiger partial charge on any atom is 0.250 e. The summed E-state index contributed by atoms with van der Waals surface area (Å²) < 4.78 is 15.6. The lowest BCUT2D eigenvalue weighted by molar-refractivity contribution is 0.580. The van der Waals surface area contributed by atoms with Crippen LogP contribution in [0, 0.1) is 5.82 Å². The number of nitrogens with zero attached hydrogens (tertiary/aromatic N) is 4. The van der Waals surface area contributed by atoms with Crippen molar-refractivity contribution in [1.82, 2.24) is 20.2 Å². The van der Waals surface area contributed by atoms with Gasteiger partial charge in [-0.1, -0.05) is 6.07 Å². The van der Waals surface area contributed by atoms with Crippen LogP contribution in [-0.4, -0.2) is 48.2 Å². The van der Waals surface area contributed by atoms with Gasteiger partial charge < -0.3 is 20.1 Å². The number of aromatic nitrogens is 2. The van der Waals surface area contributed by atoms with Gasteiger partial charge in [0.2, 0.25) is 5.56 Å². The van der Waals surface area contributed by atoms with E-state index in [0.717, 1.165) is 38.3 Å². The Balaban J connectivity index is 0.00000300. The van der Waals surface area contributed by atoms with Crippen LogP contribution in [0.4, 0.5) is 10.2 Å². The molecule has 0 aromatic carbocycles. The van der Waals surface area contributed by atoms with E-state index < -0.39 is 0 Å². The first-order valence-corrected chi connectivity index (χ1v) is 9.65. The fourth-order valence-electron chi connectivity index (χ4n) is 3.33. The largest absolute Gasteiger partial charge is 0.356 e. The molecule has 1 aliphatic heterocycles. The second-order valence-electron chi connectivity index (χ2n) is 6.82. The third-order valence-electron chi connectivity index (χ3n) is 4.81. The normalized spacial score (nSPS) is 16.4. The molecule has 3 rings (SSSR count). The van der Waals surface area contributed by atoms with Crippen molar-refractivity contribution in [1.29, 1.82) is 0 Å². The monoisotopic (exact) mass is 514 g/mol. The average Bonchev–Trinajstić information content (AvgIpc) is 3.16. The third-order valence-corrected chi connectivity index (χ3v) is 4.81. The number of rotatable bonds is 7. The number of halogens is 2. The highest BCUT2D eigenvalue weighted by molar-refractivity contribution is 14.0. The van der Waals surface area contributed by atoms with Gasteiger partial charge in [0.15, 0.2) is 17.6 Å². The second-order valence-corrected chi connectivity index (χ2v) is 6.82. The molecule has 0 amide bonds. The fraction of sp³-hybridized carbons (Fsp3) is 0.450. The van der Waals surface area contributed by atoms with E-state index in [1.807, 2.05) is 17.2 Å². The average molecular weight is 514 g/mol. The van der Waals surface area contributed by atoms with Gasteiger partial charge in [0, 0.05) is 57.7 Å².